The Hall–Kier alpha value is -3.91. The molecule has 0 bridgehead atoms. The van der Waals surface area contributed by atoms with Crippen LogP contribution in [0.15, 0.2) is 94.5 Å². The largest absolute Gasteiger partial charge is 0.422 e. The lowest BCUT2D eigenvalue weighted by Gasteiger charge is -2.09. The average Bonchev–Trinajstić information content (AvgIpc) is 3.31. The van der Waals surface area contributed by atoms with Gasteiger partial charge in [0.25, 0.3) is 5.91 Å². The molecule has 39 heavy (non-hydrogen) atoms. The van der Waals surface area contributed by atoms with Crippen molar-refractivity contribution in [3.05, 3.63) is 122 Å². The summed E-state index contributed by atoms with van der Waals surface area (Å²) in [5, 5.41) is 5.68. The molecule has 9 heteroatoms. The summed E-state index contributed by atoms with van der Waals surface area (Å²) in [6.45, 7) is 1.99. The molecule has 0 aliphatic rings. The lowest BCUT2D eigenvalue weighted by atomic mass is 10.0. The van der Waals surface area contributed by atoms with Crippen molar-refractivity contribution < 1.29 is 14.3 Å². The summed E-state index contributed by atoms with van der Waals surface area (Å²) >= 11 is 15.5. The van der Waals surface area contributed by atoms with E-state index in [0.29, 0.717) is 16.3 Å². The van der Waals surface area contributed by atoms with E-state index in [1.165, 1.54) is 18.3 Å². The van der Waals surface area contributed by atoms with E-state index < -0.39 is 11.9 Å². The minimum Gasteiger partial charge on any atom is -0.422 e. The van der Waals surface area contributed by atoms with E-state index in [0.717, 1.165) is 32.1 Å². The molecule has 0 atom stereocenters. The van der Waals surface area contributed by atoms with Gasteiger partial charge in [-0.2, -0.15) is 5.10 Å². The third-order valence-electron chi connectivity index (χ3n) is 6.03. The Bertz CT molecular complexity index is 1750. The van der Waals surface area contributed by atoms with Crippen LogP contribution in [-0.2, 0) is 0 Å². The van der Waals surface area contributed by atoms with E-state index in [4.69, 9.17) is 27.9 Å². The van der Waals surface area contributed by atoms with Crippen LogP contribution in [0.4, 0.5) is 0 Å². The van der Waals surface area contributed by atoms with Crippen LogP contribution in [0.3, 0.4) is 0 Å². The molecule has 0 saturated carbocycles. The highest BCUT2D eigenvalue weighted by molar-refractivity contribution is 9.10. The minimum atomic E-state index is -0.654. The number of hydrogen-bond acceptors (Lipinski definition) is 4. The predicted octanol–water partition coefficient (Wildman–Crippen LogP) is 8.20. The van der Waals surface area contributed by atoms with Crippen LogP contribution >= 0.6 is 39.1 Å². The molecule has 0 radical (unpaired) electrons. The first kappa shape index (κ1) is 26.7. The lowest BCUT2D eigenvalue weighted by molar-refractivity contribution is 0.0734. The number of fused-ring (bicyclic) bond motifs is 1. The molecule has 1 heterocycles. The summed E-state index contributed by atoms with van der Waals surface area (Å²) in [6.07, 6.45) is 1.41. The number of benzene rings is 4. The number of aromatic nitrogens is 1. The summed E-state index contributed by atoms with van der Waals surface area (Å²) < 4.78 is 6.32. The van der Waals surface area contributed by atoms with Crippen molar-refractivity contribution in [3.8, 4) is 16.9 Å². The first-order chi connectivity index (χ1) is 18.8. The van der Waals surface area contributed by atoms with Crippen LogP contribution in [0.5, 0.6) is 5.75 Å². The highest BCUT2D eigenvalue weighted by Gasteiger charge is 2.20. The SMILES string of the molecule is Cc1cccc2c(-c3ccccc3)c(C(=O)NN=Cc3cc(Br)ccc3OC(=O)c3ccc(Cl)cc3Cl)[nH]c12. The Morgan fingerprint density at radius 1 is 0.974 bits per heavy atom. The van der Waals surface area contributed by atoms with E-state index in [2.05, 4.69) is 31.4 Å². The third kappa shape index (κ3) is 5.76. The number of aromatic amines is 1. The maximum absolute atomic E-state index is 13.3. The van der Waals surface area contributed by atoms with Crippen molar-refractivity contribution in [1.82, 2.24) is 10.4 Å². The van der Waals surface area contributed by atoms with Gasteiger partial charge in [0, 0.05) is 31.5 Å². The zero-order valence-corrected chi connectivity index (χ0v) is 23.6. The number of ether oxygens (including phenoxy) is 1. The molecule has 2 N–H and O–H groups in total. The van der Waals surface area contributed by atoms with Crippen molar-refractivity contribution in [1.29, 1.82) is 0 Å². The molecule has 1 aromatic heterocycles. The van der Waals surface area contributed by atoms with Gasteiger partial charge < -0.3 is 9.72 Å². The second-order valence-electron chi connectivity index (χ2n) is 8.63. The van der Waals surface area contributed by atoms with Gasteiger partial charge in [-0.25, -0.2) is 10.2 Å². The molecule has 5 aromatic rings. The first-order valence-corrected chi connectivity index (χ1v) is 13.3. The van der Waals surface area contributed by atoms with Crippen LogP contribution in [0.1, 0.15) is 32.0 Å². The van der Waals surface area contributed by atoms with Crippen molar-refractivity contribution >= 4 is 68.1 Å². The van der Waals surface area contributed by atoms with Gasteiger partial charge in [-0.15, -0.1) is 0 Å². The summed E-state index contributed by atoms with van der Waals surface area (Å²) in [5.41, 5.74) is 7.21. The van der Waals surface area contributed by atoms with Crippen LogP contribution in [0, 0.1) is 6.92 Å². The molecular weight excluding hydrogens is 601 g/mol. The van der Waals surface area contributed by atoms with E-state index in [9.17, 15) is 9.59 Å². The maximum Gasteiger partial charge on any atom is 0.345 e. The normalized spacial score (nSPS) is 11.2. The number of esters is 1. The Balaban J connectivity index is 1.42. The molecule has 194 valence electrons. The fourth-order valence-corrected chi connectivity index (χ4v) is 5.04. The number of hydrazone groups is 1. The average molecular weight is 621 g/mol. The number of carbonyl (C=O) groups is 2. The number of hydrogen-bond donors (Lipinski definition) is 2. The van der Waals surface area contributed by atoms with E-state index >= 15 is 0 Å². The Kier molecular flexibility index (Phi) is 7.84. The molecular formula is C30H20BrCl2N3O3. The fourth-order valence-electron chi connectivity index (χ4n) is 4.18. The number of para-hydroxylation sites is 1. The second-order valence-corrected chi connectivity index (χ2v) is 10.4. The number of halogens is 3. The molecule has 0 aliphatic heterocycles. The predicted molar refractivity (Wildman–Crippen MR) is 159 cm³/mol. The van der Waals surface area contributed by atoms with E-state index in [1.807, 2.05) is 55.5 Å². The number of nitrogens with one attached hydrogen (secondary N) is 2. The summed E-state index contributed by atoms with van der Waals surface area (Å²) in [5.74, 6) is -0.834. The standard InChI is InChI=1S/C30H20BrCl2N3O3/c1-17-6-5-9-23-26(18-7-3-2-4-8-18)28(35-27(17)23)29(37)36-34-16-19-14-20(31)10-13-25(19)39-30(38)22-12-11-21(32)15-24(22)33/h2-16,35H,1H3,(H,36,37). The molecule has 0 fully saturated rings. The summed E-state index contributed by atoms with van der Waals surface area (Å²) in [4.78, 5) is 29.3. The minimum absolute atomic E-state index is 0.169. The van der Waals surface area contributed by atoms with Gasteiger partial charge in [0.2, 0.25) is 0 Å². The second kappa shape index (κ2) is 11.5. The molecule has 6 nitrogen and oxygen atoms in total. The Morgan fingerprint density at radius 2 is 1.77 bits per heavy atom. The Labute approximate surface area is 242 Å². The van der Waals surface area contributed by atoms with Gasteiger partial charge >= 0.3 is 5.97 Å². The van der Waals surface area contributed by atoms with Crippen LogP contribution in [0.25, 0.3) is 22.0 Å². The monoisotopic (exact) mass is 619 g/mol. The molecule has 0 aliphatic carbocycles. The van der Waals surface area contributed by atoms with Crippen molar-refractivity contribution in [2.45, 2.75) is 6.92 Å². The van der Waals surface area contributed by atoms with Gasteiger partial charge in [-0.1, -0.05) is 87.7 Å². The summed E-state index contributed by atoms with van der Waals surface area (Å²) in [6, 6.07) is 25.2. The fraction of sp³-hybridized carbons (Fsp3) is 0.0333. The zero-order chi connectivity index (χ0) is 27.5. The summed E-state index contributed by atoms with van der Waals surface area (Å²) in [7, 11) is 0. The molecule has 0 saturated heterocycles. The van der Waals surface area contributed by atoms with Gasteiger partial charge in [-0.05, 0) is 54.4 Å². The smallest absolute Gasteiger partial charge is 0.345 e. The topological polar surface area (TPSA) is 83.5 Å². The number of nitrogens with zero attached hydrogens (tertiary/aromatic N) is 1. The van der Waals surface area contributed by atoms with Gasteiger partial charge in [0.05, 0.1) is 16.8 Å². The number of H-pyrrole nitrogens is 1. The van der Waals surface area contributed by atoms with Gasteiger partial charge in [-0.3, -0.25) is 4.79 Å². The molecule has 0 spiro atoms. The lowest BCUT2D eigenvalue weighted by Crippen LogP contribution is -2.19. The van der Waals surface area contributed by atoms with Crippen LogP contribution in [0.2, 0.25) is 10.0 Å². The molecule has 4 aromatic carbocycles. The number of aryl methyl sites for hydroxylation is 1. The number of carbonyl (C=O) groups excluding carboxylic acids is 2. The van der Waals surface area contributed by atoms with Gasteiger partial charge in [0.1, 0.15) is 11.4 Å². The molecule has 0 unspecified atom stereocenters. The quantitative estimate of drug-likeness (QED) is 0.0868. The van der Waals surface area contributed by atoms with Crippen LogP contribution in [-0.4, -0.2) is 23.1 Å². The Morgan fingerprint density at radius 3 is 2.54 bits per heavy atom. The third-order valence-corrected chi connectivity index (χ3v) is 7.07. The zero-order valence-electron chi connectivity index (χ0n) is 20.5. The highest BCUT2D eigenvalue weighted by atomic mass is 79.9. The van der Waals surface area contributed by atoms with Crippen molar-refractivity contribution in [3.63, 3.8) is 0 Å². The van der Waals surface area contributed by atoms with Crippen LogP contribution < -0.4 is 10.2 Å². The number of amides is 1. The van der Waals surface area contributed by atoms with E-state index in [-0.39, 0.29) is 16.3 Å². The van der Waals surface area contributed by atoms with E-state index in [1.54, 1.807) is 24.3 Å². The molecule has 1 amide bonds. The van der Waals surface area contributed by atoms with Crippen molar-refractivity contribution in [2.75, 3.05) is 0 Å². The van der Waals surface area contributed by atoms with Gasteiger partial charge in [0.15, 0.2) is 0 Å². The van der Waals surface area contributed by atoms with Crippen molar-refractivity contribution in [2.24, 2.45) is 5.10 Å². The number of rotatable bonds is 6. The highest BCUT2D eigenvalue weighted by Crippen LogP contribution is 2.34. The first-order valence-electron chi connectivity index (χ1n) is 11.8. The maximum atomic E-state index is 13.3. The molecule has 5 rings (SSSR count).